The summed E-state index contributed by atoms with van der Waals surface area (Å²) in [4.78, 5) is 6.32. The second-order valence-corrected chi connectivity index (χ2v) is 16.8. The van der Waals surface area contributed by atoms with Crippen LogP contribution in [0.15, 0.2) is 170 Å². The molecule has 0 saturated heterocycles. The highest BCUT2D eigenvalue weighted by molar-refractivity contribution is 7.15. The quantitative estimate of drug-likeness (QED) is 0.0760. The average molecular weight is 838 g/mol. The van der Waals surface area contributed by atoms with E-state index >= 15 is 0 Å². The zero-order chi connectivity index (χ0) is 42.6. The number of rotatable bonds is 15. The molecule has 7 aromatic rings. The molecule has 304 valence electrons. The standard InChI is InChI=1S/C52H51N7S2/c1-55(2)43-34-28-40(29-35-43)18-13-15-26-49-58(46-21-9-7-10-22-46)53-51(60-49)48(25-17-20-42-32-38-45(39-33-42)57(5)6)52-54-59(47-23-11-8-12-24-47)50(61-52)27-16-14-19-41-30-36-44(37-31-41)56(3)4/h7-39H,1-6H3/q+2. The van der Waals surface area contributed by atoms with Crippen molar-refractivity contribution in [3.05, 3.63) is 207 Å². The lowest BCUT2D eigenvalue weighted by Crippen LogP contribution is -2.35. The van der Waals surface area contributed by atoms with Crippen LogP contribution in [0.4, 0.5) is 17.1 Å². The van der Waals surface area contributed by atoms with Gasteiger partial charge in [0.25, 0.3) is 10.0 Å². The van der Waals surface area contributed by atoms with E-state index in [2.05, 4.69) is 221 Å². The smallest absolute Gasteiger partial charge is 0.296 e. The van der Waals surface area contributed by atoms with Gasteiger partial charge in [0.2, 0.25) is 21.4 Å². The van der Waals surface area contributed by atoms with Gasteiger partial charge in [0.1, 0.15) is 0 Å². The summed E-state index contributed by atoms with van der Waals surface area (Å²) in [5.41, 5.74) is 9.78. The molecular formula is C52H51N7S2+2. The molecule has 0 aliphatic rings. The fraction of sp³-hybridized carbons (Fsp3) is 0.115. The minimum atomic E-state index is 0.852. The van der Waals surface area contributed by atoms with Gasteiger partial charge in [-0.15, -0.1) is 0 Å². The Morgan fingerprint density at radius 3 is 1.08 bits per heavy atom. The summed E-state index contributed by atoms with van der Waals surface area (Å²) in [6.45, 7) is 0. The third-order valence-electron chi connectivity index (χ3n) is 9.72. The van der Waals surface area contributed by atoms with Crippen LogP contribution in [0.2, 0.25) is 0 Å². The van der Waals surface area contributed by atoms with E-state index in [0.29, 0.717) is 0 Å². The van der Waals surface area contributed by atoms with Crippen LogP contribution in [0.25, 0.3) is 47.3 Å². The Hall–Kier alpha value is -6.94. The van der Waals surface area contributed by atoms with E-state index in [1.165, 1.54) is 11.4 Å². The largest absolute Gasteiger partial charge is 0.378 e. The minimum absolute atomic E-state index is 0.852. The second-order valence-electron chi connectivity index (χ2n) is 14.8. The summed E-state index contributed by atoms with van der Waals surface area (Å²) >= 11 is 3.27. The minimum Gasteiger partial charge on any atom is -0.378 e. The molecule has 0 bridgehead atoms. The van der Waals surface area contributed by atoms with Crippen molar-refractivity contribution in [2.75, 3.05) is 57.0 Å². The van der Waals surface area contributed by atoms with E-state index in [4.69, 9.17) is 10.2 Å². The first kappa shape index (κ1) is 42.2. The number of benzene rings is 5. The maximum atomic E-state index is 5.29. The number of hydrogen-bond donors (Lipinski definition) is 0. The molecule has 2 aromatic heterocycles. The molecule has 0 atom stereocenters. The SMILES string of the molecule is CN(C)c1ccc(C=CC=Cc2sc(C(=CC=Cc3ccc(N(C)C)cc3)c3n[n+](-c4ccccc4)c(C=CC=Cc4ccc(N(C)C)cc4)s3)n[n+]2-c2ccccc2)cc1. The van der Waals surface area contributed by atoms with Gasteiger partial charge < -0.3 is 14.7 Å². The van der Waals surface area contributed by atoms with Crippen LogP contribution >= 0.6 is 22.7 Å². The van der Waals surface area contributed by atoms with Gasteiger partial charge >= 0.3 is 0 Å². The maximum Gasteiger partial charge on any atom is 0.296 e. The predicted octanol–water partition coefficient (Wildman–Crippen LogP) is 10.9. The Kier molecular flexibility index (Phi) is 14.1. The number of hydrogen-bond acceptors (Lipinski definition) is 7. The third kappa shape index (κ3) is 11.2. The van der Waals surface area contributed by atoms with Gasteiger partial charge in [0, 0.05) is 106 Å². The van der Waals surface area contributed by atoms with Gasteiger partial charge in [-0.25, -0.2) is 0 Å². The Morgan fingerprint density at radius 2 is 0.738 bits per heavy atom. The highest BCUT2D eigenvalue weighted by Crippen LogP contribution is 2.30. The molecule has 0 spiro atoms. The number of anilines is 3. The van der Waals surface area contributed by atoms with Crippen molar-refractivity contribution >= 4 is 75.7 Å². The molecule has 9 heteroatoms. The van der Waals surface area contributed by atoms with Crippen molar-refractivity contribution in [1.82, 2.24) is 10.2 Å². The summed E-state index contributed by atoms with van der Waals surface area (Å²) in [5, 5.41) is 14.2. The van der Waals surface area contributed by atoms with Gasteiger partial charge in [0.15, 0.2) is 0 Å². The molecule has 0 unspecified atom stereocenters. The fourth-order valence-corrected chi connectivity index (χ4v) is 8.30. The molecule has 0 aliphatic carbocycles. The van der Waals surface area contributed by atoms with Crippen LogP contribution < -0.4 is 24.1 Å². The fourth-order valence-electron chi connectivity index (χ4n) is 6.29. The molecule has 0 saturated carbocycles. The van der Waals surface area contributed by atoms with E-state index in [-0.39, 0.29) is 0 Å². The van der Waals surface area contributed by atoms with Gasteiger partial charge in [-0.05, 0) is 91.2 Å². The van der Waals surface area contributed by atoms with Crippen LogP contribution in [0.1, 0.15) is 36.7 Å². The van der Waals surface area contributed by atoms with Crippen LogP contribution in [0.5, 0.6) is 0 Å². The van der Waals surface area contributed by atoms with Crippen molar-refractivity contribution in [2.24, 2.45) is 0 Å². The molecule has 0 radical (unpaired) electrons. The highest BCUT2D eigenvalue weighted by atomic mass is 32.1. The highest BCUT2D eigenvalue weighted by Gasteiger charge is 2.28. The molecular weight excluding hydrogens is 787 g/mol. The Balaban J connectivity index is 1.29. The van der Waals surface area contributed by atoms with Crippen molar-refractivity contribution in [1.29, 1.82) is 0 Å². The molecule has 7 nitrogen and oxygen atoms in total. The lowest BCUT2D eigenvalue weighted by Gasteiger charge is -2.11. The van der Waals surface area contributed by atoms with Crippen LogP contribution in [0.3, 0.4) is 0 Å². The molecule has 0 amide bonds. The zero-order valence-electron chi connectivity index (χ0n) is 35.5. The van der Waals surface area contributed by atoms with Gasteiger partial charge in [-0.2, -0.15) is 0 Å². The molecule has 5 aromatic carbocycles. The number of nitrogens with zero attached hydrogens (tertiary/aromatic N) is 7. The first-order valence-corrected chi connectivity index (χ1v) is 21.7. The summed E-state index contributed by atoms with van der Waals surface area (Å²) in [5.74, 6) is 0. The van der Waals surface area contributed by atoms with Gasteiger partial charge in [-0.1, -0.05) is 121 Å². The maximum absolute atomic E-state index is 5.29. The lowest BCUT2D eigenvalue weighted by molar-refractivity contribution is -0.656. The van der Waals surface area contributed by atoms with Crippen molar-refractivity contribution in [2.45, 2.75) is 0 Å². The van der Waals surface area contributed by atoms with Crippen molar-refractivity contribution in [3.8, 4) is 11.4 Å². The van der Waals surface area contributed by atoms with E-state index in [1.807, 2.05) is 45.8 Å². The van der Waals surface area contributed by atoms with Crippen LogP contribution in [-0.2, 0) is 0 Å². The van der Waals surface area contributed by atoms with Crippen molar-refractivity contribution < 1.29 is 9.36 Å². The van der Waals surface area contributed by atoms with E-state index in [0.717, 1.165) is 59.4 Å². The molecule has 2 heterocycles. The second kappa shape index (κ2) is 20.4. The normalized spacial score (nSPS) is 11.8. The number of allylic oxidation sites excluding steroid dienone is 6. The molecule has 7 rings (SSSR count). The van der Waals surface area contributed by atoms with E-state index in [9.17, 15) is 0 Å². The van der Waals surface area contributed by atoms with Crippen LogP contribution in [-0.4, -0.2) is 52.5 Å². The molecule has 0 fully saturated rings. The summed E-state index contributed by atoms with van der Waals surface area (Å²) in [6.07, 6.45) is 23.2. The average Bonchev–Trinajstić information content (AvgIpc) is 3.91. The summed E-state index contributed by atoms with van der Waals surface area (Å²) in [7, 11) is 12.3. The monoisotopic (exact) mass is 837 g/mol. The number of para-hydroxylation sites is 2. The van der Waals surface area contributed by atoms with E-state index < -0.39 is 0 Å². The Morgan fingerprint density at radius 1 is 0.410 bits per heavy atom. The van der Waals surface area contributed by atoms with Gasteiger partial charge in [-0.3, -0.25) is 0 Å². The van der Waals surface area contributed by atoms with E-state index in [1.54, 1.807) is 22.7 Å². The van der Waals surface area contributed by atoms with Crippen molar-refractivity contribution in [3.63, 3.8) is 0 Å². The lowest BCUT2D eigenvalue weighted by atomic mass is 10.1. The molecule has 61 heavy (non-hydrogen) atoms. The topological polar surface area (TPSA) is 43.3 Å². The van der Waals surface area contributed by atoms with Crippen LogP contribution in [0, 0.1) is 0 Å². The molecule has 0 aliphatic heterocycles. The predicted molar refractivity (Wildman–Crippen MR) is 262 cm³/mol. The Labute approximate surface area is 368 Å². The zero-order valence-corrected chi connectivity index (χ0v) is 37.1. The third-order valence-corrected chi connectivity index (χ3v) is 11.7. The molecule has 0 N–H and O–H groups in total. The summed E-state index contributed by atoms with van der Waals surface area (Å²) in [6, 6.07) is 46.2. The Bertz CT molecular complexity index is 2530. The first-order valence-electron chi connectivity index (χ1n) is 20.1. The first-order chi connectivity index (χ1) is 29.7. The van der Waals surface area contributed by atoms with Gasteiger partial charge in [0.05, 0.1) is 5.57 Å². The summed E-state index contributed by atoms with van der Waals surface area (Å²) < 4.78 is 4.03. The number of aromatic nitrogens is 4.